The average Bonchev–Trinajstić information content (AvgIpc) is 3.56. The number of likely N-dealkylation sites (N-methyl/N-ethyl adjacent to an activating group) is 1. The van der Waals surface area contributed by atoms with E-state index in [4.69, 9.17) is 4.74 Å². The molecular weight excluding hydrogens is 464 g/mol. The second kappa shape index (κ2) is 8.78. The van der Waals surface area contributed by atoms with Crippen molar-refractivity contribution < 1.29 is 14.9 Å². The molecule has 1 aromatic carbocycles. The molecule has 2 aliphatic carbocycles. The monoisotopic (exact) mass is 502 g/mol. The normalized spacial score (nSPS) is 39.6. The summed E-state index contributed by atoms with van der Waals surface area (Å²) in [6.45, 7) is 4.42. The topological polar surface area (TPSA) is 105 Å². The molecule has 1 saturated carbocycles. The van der Waals surface area contributed by atoms with Gasteiger partial charge in [0.25, 0.3) is 0 Å². The van der Waals surface area contributed by atoms with E-state index < -0.39 is 17.8 Å². The summed E-state index contributed by atoms with van der Waals surface area (Å²) >= 11 is 0. The molecule has 2 aromatic rings. The standard InChI is InChI=1S/C30H38N4O3/c1-17-20-14-19(5-8-24(20)33-32-17)21-6-7-22-26-10-12-30(37-26)15-25(34(3)4)28(36)27(35)23(30)13-18(16-31)9-11-29(21,22)2/h5-6,8,13-14,18,22,25-28,35-36H,7,9-12,15H2,1-4H3,(H,32,33). The molecule has 6 rings (SSSR count). The molecule has 196 valence electrons. The molecule has 1 spiro atoms. The molecule has 3 heterocycles. The summed E-state index contributed by atoms with van der Waals surface area (Å²) in [5, 5.41) is 41.0. The Morgan fingerprint density at radius 2 is 2.03 bits per heavy atom. The Hall–Kier alpha value is -2.50. The van der Waals surface area contributed by atoms with Gasteiger partial charge in [-0.2, -0.15) is 10.4 Å². The first-order chi connectivity index (χ1) is 17.7. The molecule has 2 bridgehead atoms. The van der Waals surface area contributed by atoms with Gasteiger partial charge in [-0.1, -0.05) is 25.1 Å². The van der Waals surface area contributed by atoms with Gasteiger partial charge in [-0.25, -0.2) is 0 Å². The van der Waals surface area contributed by atoms with Crippen molar-refractivity contribution in [3.05, 3.63) is 47.2 Å². The molecule has 3 N–H and O–H groups in total. The summed E-state index contributed by atoms with van der Waals surface area (Å²) in [5.41, 5.74) is 4.57. The van der Waals surface area contributed by atoms with Crippen LogP contribution in [0.3, 0.4) is 0 Å². The smallest absolute Gasteiger partial charge is 0.105 e. The first kappa shape index (κ1) is 24.8. The van der Waals surface area contributed by atoms with E-state index >= 15 is 0 Å². The molecule has 0 amide bonds. The van der Waals surface area contributed by atoms with Gasteiger partial charge in [-0.15, -0.1) is 0 Å². The van der Waals surface area contributed by atoms with Gasteiger partial charge in [-0.3, -0.25) is 5.10 Å². The number of benzene rings is 1. The minimum atomic E-state index is -1.02. The van der Waals surface area contributed by atoms with Crippen molar-refractivity contribution in [2.45, 2.75) is 82.3 Å². The highest BCUT2D eigenvalue weighted by Crippen LogP contribution is 2.59. The molecule has 4 aliphatic rings. The van der Waals surface area contributed by atoms with Crippen molar-refractivity contribution in [1.82, 2.24) is 15.1 Å². The number of ether oxygens (including phenoxy) is 1. The van der Waals surface area contributed by atoms with Crippen LogP contribution in [0.1, 0.15) is 56.7 Å². The van der Waals surface area contributed by atoms with Gasteiger partial charge in [0.2, 0.25) is 0 Å². The first-order valence-electron chi connectivity index (χ1n) is 13.6. The number of aliphatic hydroxyl groups excluding tert-OH is 2. The second-order valence-electron chi connectivity index (χ2n) is 12.2. The van der Waals surface area contributed by atoms with E-state index in [9.17, 15) is 15.5 Å². The van der Waals surface area contributed by atoms with Gasteiger partial charge in [0.15, 0.2) is 0 Å². The number of allylic oxidation sites excluding steroid dienone is 3. The van der Waals surface area contributed by atoms with E-state index in [2.05, 4.69) is 54.4 Å². The number of nitrogens with zero attached hydrogens (tertiary/aromatic N) is 3. The zero-order chi connectivity index (χ0) is 26.1. The zero-order valence-corrected chi connectivity index (χ0v) is 22.2. The zero-order valence-electron chi connectivity index (χ0n) is 22.2. The Kier molecular flexibility index (Phi) is 5.89. The fraction of sp³-hybridized carbons (Fsp3) is 0.600. The van der Waals surface area contributed by atoms with Crippen molar-refractivity contribution >= 4 is 16.5 Å². The molecule has 2 aliphatic heterocycles. The van der Waals surface area contributed by atoms with Crippen molar-refractivity contribution in [3.8, 4) is 6.07 Å². The minimum absolute atomic E-state index is 0.0606. The van der Waals surface area contributed by atoms with Crippen LogP contribution in [0.2, 0.25) is 0 Å². The molecule has 1 aromatic heterocycles. The van der Waals surface area contributed by atoms with Gasteiger partial charge in [-0.05, 0) is 99.7 Å². The molecular formula is C30H38N4O3. The van der Waals surface area contributed by atoms with Gasteiger partial charge in [0, 0.05) is 17.1 Å². The van der Waals surface area contributed by atoms with Crippen LogP contribution < -0.4 is 0 Å². The van der Waals surface area contributed by atoms with E-state index in [-0.39, 0.29) is 23.5 Å². The Morgan fingerprint density at radius 3 is 2.78 bits per heavy atom. The van der Waals surface area contributed by atoms with Crippen molar-refractivity contribution in [2.24, 2.45) is 17.3 Å². The number of aromatic amines is 1. The number of aromatic nitrogens is 2. The number of hydrogen-bond acceptors (Lipinski definition) is 6. The van der Waals surface area contributed by atoms with Crippen molar-refractivity contribution in [3.63, 3.8) is 0 Å². The van der Waals surface area contributed by atoms with E-state index in [1.807, 2.05) is 25.1 Å². The number of nitriles is 1. The molecule has 2 fully saturated rings. The Balaban J connectivity index is 1.41. The third-order valence-electron chi connectivity index (χ3n) is 10.0. The summed E-state index contributed by atoms with van der Waals surface area (Å²) in [5.74, 6) is -0.0492. The van der Waals surface area contributed by atoms with Crippen LogP contribution in [0.25, 0.3) is 16.5 Å². The number of H-pyrrole nitrogens is 1. The molecule has 1 saturated heterocycles. The molecule has 8 atom stereocenters. The summed E-state index contributed by atoms with van der Waals surface area (Å²) < 4.78 is 7.04. The summed E-state index contributed by atoms with van der Waals surface area (Å²) in [7, 11) is 3.89. The van der Waals surface area contributed by atoms with Gasteiger partial charge in [0.1, 0.15) is 6.10 Å². The summed E-state index contributed by atoms with van der Waals surface area (Å²) in [6, 6.07) is 8.81. The van der Waals surface area contributed by atoms with Crippen LogP contribution in [0, 0.1) is 35.5 Å². The van der Waals surface area contributed by atoms with Crippen LogP contribution >= 0.6 is 0 Å². The highest BCUT2D eigenvalue weighted by atomic mass is 16.5. The summed E-state index contributed by atoms with van der Waals surface area (Å²) in [6.07, 6.45) is 7.32. The molecule has 37 heavy (non-hydrogen) atoms. The van der Waals surface area contributed by atoms with Crippen LogP contribution in [0.4, 0.5) is 0 Å². The van der Waals surface area contributed by atoms with Gasteiger partial charge in [0.05, 0.1) is 35.3 Å². The maximum Gasteiger partial charge on any atom is 0.105 e. The highest BCUT2D eigenvalue weighted by Gasteiger charge is 2.57. The SMILES string of the molecule is Cc1[nH]nc2ccc(C3=CCC4C5CCC6(CC(N(C)C)C(O)C(O)C6=CC(C#N)CCC34C)O5)cc12. The largest absolute Gasteiger partial charge is 0.388 e. The fourth-order valence-corrected chi connectivity index (χ4v) is 7.84. The van der Waals surface area contributed by atoms with Crippen LogP contribution in [-0.4, -0.2) is 69.4 Å². The number of rotatable bonds is 2. The Bertz CT molecular complexity index is 1320. The van der Waals surface area contributed by atoms with E-state index in [0.717, 1.165) is 47.9 Å². The molecule has 7 nitrogen and oxygen atoms in total. The first-order valence-corrected chi connectivity index (χ1v) is 13.6. The lowest BCUT2D eigenvalue weighted by molar-refractivity contribution is -0.126. The average molecular weight is 503 g/mol. The van der Waals surface area contributed by atoms with Crippen LogP contribution in [0.5, 0.6) is 0 Å². The van der Waals surface area contributed by atoms with Gasteiger partial charge < -0.3 is 19.8 Å². The molecule has 0 radical (unpaired) electrons. The predicted molar refractivity (Wildman–Crippen MR) is 142 cm³/mol. The van der Waals surface area contributed by atoms with E-state index in [1.54, 1.807) is 0 Å². The van der Waals surface area contributed by atoms with Crippen molar-refractivity contribution in [1.29, 1.82) is 5.26 Å². The predicted octanol–water partition coefficient (Wildman–Crippen LogP) is 4.11. The third kappa shape index (κ3) is 3.72. The van der Waals surface area contributed by atoms with Gasteiger partial charge >= 0.3 is 0 Å². The third-order valence-corrected chi connectivity index (χ3v) is 10.0. The number of hydrogen-bond donors (Lipinski definition) is 3. The van der Waals surface area contributed by atoms with E-state index in [1.165, 1.54) is 11.1 Å². The maximum atomic E-state index is 11.3. The Labute approximate surface area is 218 Å². The minimum Gasteiger partial charge on any atom is -0.388 e. The molecule has 8 unspecified atom stereocenters. The van der Waals surface area contributed by atoms with Crippen molar-refractivity contribution in [2.75, 3.05) is 14.1 Å². The summed E-state index contributed by atoms with van der Waals surface area (Å²) in [4.78, 5) is 1.99. The quantitative estimate of drug-likeness (QED) is 0.534. The number of nitrogens with one attached hydrogen (secondary N) is 1. The lowest BCUT2D eigenvalue weighted by Crippen LogP contribution is -2.59. The highest BCUT2D eigenvalue weighted by molar-refractivity contribution is 5.86. The number of aliphatic hydroxyl groups is 2. The fourth-order valence-electron chi connectivity index (χ4n) is 7.84. The molecule has 7 heteroatoms. The number of fused-ring (bicyclic) bond motifs is 4. The maximum absolute atomic E-state index is 11.3. The van der Waals surface area contributed by atoms with Crippen LogP contribution in [-0.2, 0) is 4.74 Å². The Morgan fingerprint density at radius 1 is 1.22 bits per heavy atom. The second-order valence-corrected chi connectivity index (χ2v) is 12.2. The van der Waals surface area contributed by atoms with Crippen LogP contribution in [0.15, 0.2) is 35.9 Å². The van der Waals surface area contributed by atoms with E-state index in [0.29, 0.717) is 18.8 Å². The lowest BCUT2D eigenvalue weighted by atomic mass is 9.67. The lowest BCUT2D eigenvalue weighted by Gasteiger charge is -2.49. The number of aryl methyl sites for hydroxylation is 1.